The summed E-state index contributed by atoms with van der Waals surface area (Å²) in [4.78, 5) is 0.892. The average Bonchev–Trinajstić information content (AvgIpc) is 3.08. The summed E-state index contributed by atoms with van der Waals surface area (Å²) in [6.45, 7) is 2.58. The number of hydrogen-bond acceptors (Lipinski definition) is 5. The topological polar surface area (TPSA) is 45.4 Å². The van der Waals surface area contributed by atoms with E-state index < -0.39 is 11.4 Å². The van der Waals surface area contributed by atoms with Gasteiger partial charge in [0.25, 0.3) is 5.76 Å². The fourth-order valence-corrected chi connectivity index (χ4v) is 3.07. The summed E-state index contributed by atoms with van der Waals surface area (Å²) in [6, 6.07) is 7.24. The van der Waals surface area contributed by atoms with Gasteiger partial charge in [0.05, 0.1) is 12.3 Å². The van der Waals surface area contributed by atoms with Crippen molar-refractivity contribution in [2.75, 3.05) is 6.54 Å². The molecule has 0 aromatic carbocycles. The van der Waals surface area contributed by atoms with E-state index in [9.17, 15) is 13.9 Å². The molecule has 0 radical (unpaired) electrons. The summed E-state index contributed by atoms with van der Waals surface area (Å²) < 4.78 is 29.6. The molecule has 2 N–H and O–H groups in total. The number of furan rings is 1. The van der Waals surface area contributed by atoms with Gasteiger partial charge in [0, 0.05) is 11.4 Å². The molecule has 2 aromatic heterocycles. The van der Waals surface area contributed by atoms with E-state index in [-0.39, 0.29) is 5.75 Å². The second-order valence-electron chi connectivity index (χ2n) is 4.79. The lowest BCUT2D eigenvalue weighted by Crippen LogP contribution is -2.34. The lowest BCUT2D eigenvalue weighted by molar-refractivity contribution is 0.0599. The van der Waals surface area contributed by atoms with Crippen LogP contribution in [0, 0.1) is 0 Å². The number of hydrogen-bond donors (Lipinski definition) is 2. The van der Waals surface area contributed by atoms with Crippen molar-refractivity contribution in [2.45, 2.75) is 30.6 Å². The Morgan fingerprint density at radius 2 is 2.14 bits per heavy atom. The first-order valence-electron chi connectivity index (χ1n) is 6.42. The molecular weight excluding hydrogens is 316 g/mol. The van der Waals surface area contributed by atoms with Gasteiger partial charge in [0.15, 0.2) is 0 Å². The highest BCUT2D eigenvalue weighted by molar-refractivity contribution is 7.98. The van der Waals surface area contributed by atoms with E-state index in [0.717, 1.165) is 4.88 Å². The van der Waals surface area contributed by atoms with Gasteiger partial charge in [-0.15, -0.1) is 11.3 Å². The Hall–Kier alpha value is -0.890. The first-order valence-corrected chi connectivity index (χ1v) is 8.34. The molecule has 1 atom stereocenters. The summed E-state index contributed by atoms with van der Waals surface area (Å²) in [6.07, 6.45) is 0. The Morgan fingerprint density at radius 3 is 2.81 bits per heavy atom. The molecule has 1 unspecified atom stereocenters. The largest absolute Gasteiger partial charge is 0.464 e. The van der Waals surface area contributed by atoms with Crippen molar-refractivity contribution in [3.63, 3.8) is 0 Å². The van der Waals surface area contributed by atoms with Gasteiger partial charge in [-0.3, -0.25) is 0 Å². The molecular formula is C14H17F2NO2S2. The summed E-state index contributed by atoms with van der Waals surface area (Å²) in [5.74, 6) is -1.04. The van der Waals surface area contributed by atoms with Crippen molar-refractivity contribution in [3.05, 3.63) is 46.0 Å². The van der Waals surface area contributed by atoms with E-state index in [0.29, 0.717) is 36.4 Å². The van der Waals surface area contributed by atoms with Crippen molar-refractivity contribution < 1.29 is 18.3 Å². The van der Waals surface area contributed by atoms with Gasteiger partial charge in [-0.25, -0.2) is 0 Å². The third kappa shape index (κ3) is 5.10. The van der Waals surface area contributed by atoms with E-state index in [1.165, 1.54) is 11.3 Å². The predicted octanol–water partition coefficient (Wildman–Crippen LogP) is 3.79. The van der Waals surface area contributed by atoms with Crippen LogP contribution in [0.1, 0.15) is 23.3 Å². The number of thioether (sulfide) groups is 1. The zero-order valence-electron chi connectivity index (χ0n) is 11.5. The summed E-state index contributed by atoms with van der Waals surface area (Å²) in [7, 11) is 0. The van der Waals surface area contributed by atoms with Crippen LogP contribution in [-0.4, -0.2) is 17.4 Å². The van der Waals surface area contributed by atoms with Crippen LogP contribution in [0.2, 0.25) is 0 Å². The Labute approximate surface area is 130 Å². The predicted molar refractivity (Wildman–Crippen MR) is 81.6 cm³/mol. The molecule has 21 heavy (non-hydrogen) atoms. The number of halogens is 2. The number of thiophene rings is 1. The fourth-order valence-electron chi connectivity index (χ4n) is 1.84. The third-order valence-corrected chi connectivity index (χ3v) is 4.72. The normalized spacial score (nSPS) is 14.5. The zero-order valence-corrected chi connectivity index (χ0v) is 13.1. The molecule has 0 saturated heterocycles. The number of alkyl halides is 2. The van der Waals surface area contributed by atoms with Gasteiger partial charge >= 0.3 is 0 Å². The van der Waals surface area contributed by atoms with E-state index in [2.05, 4.69) is 5.32 Å². The van der Waals surface area contributed by atoms with Gasteiger partial charge in [-0.05, 0) is 30.5 Å². The average molecular weight is 333 g/mol. The van der Waals surface area contributed by atoms with Gasteiger partial charge in [-0.1, -0.05) is 17.8 Å². The van der Waals surface area contributed by atoms with Crippen molar-refractivity contribution in [2.24, 2.45) is 0 Å². The number of rotatable bonds is 8. The molecule has 0 spiro atoms. The molecule has 0 aliphatic rings. The van der Waals surface area contributed by atoms with Crippen LogP contribution < -0.4 is 5.32 Å². The SMILES string of the molecule is CC(O)(CNCc1ccc(CSC(F)F)o1)c1cccs1. The van der Waals surface area contributed by atoms with Gasteiger partial charge in [0.2, 0.25) is 0 Å². The van der Waals surface area contributed by atoms with Crippen molar-refractivity contribution >= 4 is 23.1 Å². The molecule has 116 valence electrons. The monoisotopic (exact) mass is 333 g/mol. The molecule has 2 rings (SSSR count). The third-order valence-electron chi connectivity index (χ3n) is 2.89. The Morgan fingerprint density at radius 1 is 1.38 bits per heavy atom. The van der Waals surface area contributed by atoms with Crippen LogP contribution in [0.25, 0.3) is 0 Å². The second-order valence-corrected chi connectivity index (χ2v) is 6.72. The summed E-state index contributed by atoms with van der Waals surface area (Å²) >= 11 is 2.04. The minimum absolute atomic E-state index is 0.157. The van der Waals surface area contributed by atoms with E-state index >= 15 is 0 Å². The van der Waals surface area contributed by atoms with E-state index in [1.54, 1.807) is 19.1 Å². The maximum atomic E-state index is 12.1. The van der Waals surface area contributed by atoms with Crippen LogP contribution in [-0.2, 0) is 17.9 Å². The molecule has 7 heteroatoms. The Bertz CT molecular complexity index is 541. The maximum absolute atomic E-state index is 12.1. The van der Waals surface area contributed by atoms with Crippen molar-refractivity contribution in [1.82, 2.24) is 5.32 Å². The Kier molecular flexibility index (Phi) is 5.80. The quantitative estimate of drug-likeness (QED) is 0.771. The zero-order chi connectivity index (χ0) is 15.3. The van der Waals surface area contributed by atoms with Crippen molar-refractivity contribution in [1.29, 1.82) is 0 Å². The van der Waals surface area contributed by atoms with E-state index in [4.69, 9.17) is 4.42 Å². The standard InChI is InChI=1S/C14H17F2NO2S2/c1-14(18,12-3-2-6-20-12)9-17-7-10-4-5-11(19-10)8-21-13(15)16/h2-6,13,17-18H,7-9H2,1H3. The minimum atomic E-state index is -2.39. The van der Waals surface area contributed by atoms with Crippen molar-refractivity contribution in [3.8, 4) is 0 Å². The highest BCUT2D eigenvalue weighted by Gasteiger charge is 2.23. The molecule has 2 heterocycles. The van der Waals surface area contributed by atoms with Crippen LogP contribution in [0.4, 0.5) is 8.78 Å². The van der Waals surface area contributed by atoms with Crippen LogP contribution >= 0.6 is 23.1 Å². The highest BCUT2D eigenvalue weighted by atomic mass is 32.2. The molecule has 0 amide bonds. The van der Waals surface area contributed by atoms with Gasteiger partial charge in [-0.2, -0.15) is 8.78 Å². The smallest absolute Gasteiger partial charge is 0.284 e. The van der Waals surface area contributed by atoms with Crippen LogP contribution in [0.3, 0.4) is 0 Å². The first kappa shape index (κ1) is 16.5. The molecule has 2 aromatic rings. The first-order chi connectivity index (χ1) is 9.97. The van der Waals surface area contributed by atoms with Gasteiger partial charge in [0.1, 0.15) is 17.1 Å². The fraction of sp³-hybridized carbons (Fsp3) is 0.429. The molecule has 0 bridgehead atoms. The summed E-state index contributed by atoms with van der Waals surface area (Å²) in [5.41, 5.74) is -0.935. The second kappa shape index (κ2) is 7.40. The molecule has 3 nitrogen and oxygen atoms in total. The number of nitrogens with one attached hydrogen (secondary N) is 1. The maximum Gasteiger partial charge on any atom is 0.284 e. The molecule has 0 aliphatic carbocycles. The molecule has 0 fully saturated rings. The Balaban J connectivity index is 1.78. The molecule has 0 aliphatic heterocycles. The van der Waals surface area contributed by atoms with E-state index in [1.807, 2.05) is 17.5 Å². The summed E-state index contributed by atoms with van der Waals surface area (Å²) in [5, 5.41) is 15.4. The molecule has 0 saturated carbocycles. The highest BCUT2D eigenvalue weighted by Crippen LogP contribution is 2.25. The number of aliphatic hydroxyl groups is 1. The lowest BCUT2D eigenvalue weighted by atomic mass is 10.1. The van der Waals surface area contributed by atoms with Crippen LogP contribution in [0.5, 0.6) is 0 Å². The lowest BCUT2D eigenvalue weighted by Gasteiger charge is -2.22. The van der Waals surface area contributed by atoms with Gasteiger partial charge < -0.3 is 14.8 Å². The van der Waals surface area contributed by atoms with Crippen LogP contribution in [0.15, 0.2) is 34.1 Å². The minimum Gasteiger partial charge on any atom is -0.464 e.